The second kappa shape index (κ2) is 5.87. The maximum Gasteiger partial charge on any atom is 0.0830 e. The summed E-state index contributed by atoms with van der Waals surface area (Å²) in [5.41, 5.74) is 0. The van der Waals surface area contributed by atoms with E-state index < -0.39 is 0 Å². The van der Waals surface area contributed by atoms with Crippen LogP contribution < -0.4 is 5.32 Å². The SMILES string of the molecule is C[C@@H]1CNC[C@@H](CN2CC[C@H](N3CCCC3)C2)O1. The summed E-state index contributed by atoms with van der Waals surface area (Å²) in [4.78, 5) is 5.30. The van der Waals surface area contributed by atoms with Crippen LogP contribution in [-0.2, 0) is 4.74 Å². The first-order chi connectivity index (χ1) is 8.81. The molecule has 3 aliphatic rings. The van der Waals surface area contributed by atoms with Crippen molar-refractivity contribution in [1.29, 1.82) is 0 Å². The summed E-state index contributed by atoms with van der Waals surface area (Å²) in [7, 11) is 0. The van der Waals surface area contributed by atoms with Crippen molar-refractivity contribution in [3.05, 3.63) is 0 Å². The number of ether oxygens (including phenoxy) is 1. The number of hydrogen-bond donors (Lipinski definition) is 1. The van der Waals surface area contributed by atoms with Crippen LogP contribution in [0.1, 0.15) is 26.2 Å². The highest BCUT2D eigenvalue weighted by Crippen LogP contribution is 2.21. The molecule has 0 unspecified atom stereocenters. The average molecular weight is 253 g/mol. The summed E-state index contributed by atoms with van der Waals surface area (Å²) in [6.07, 6.45) is 4.94. The number of rotatable bonds is 3. The van der Waals surface area contributed by atoms with Crippen LogP contribution >= 0.6 is 0 Å². The van der Waals surface area contributed by atoms with Crippen molar-refractivity contribution >= 4 is 0 Å². The molecule has 104 valence electrons. The molecule has 0 aromatic carbocycles. The van der Waals surface area contributed by atoms with Gasteiger partial charge in [0.2, 0.25) is 0 Å². The van der Waals surface area contributed by atoms with Gasteiger partial charge in [-0.3, -0.25) is 9.80 Å². The molecule has 3 fully saturated rings. The van der Waals surface area contributed by atoms with E-state index in [-0.39, 0.29) is 0 Å². The maximum atomic E-state index is 5.99. The van der Waals surface area contributed by atoms with E-state index in [4.69, 9.17) is 4.74 Å². The Labute approximate surface area is 111 Å². The second-order valence-corrected chi connectivity index (χ2v) is 6.17. The van der Waals surface area contributed by atoms with E-state index in [9.17, 15) is 0 Å². The lowest BCUT2D eigenvalue weighted by molar-refractivity contribution is -0.0403. The molecule has 3 rings (SSSR count). The van der Waals surface area contributed by atoms with Crippen LogP contribution in [0.2, 0.25) is 0 Å². The highest BCUT2D eigenvalue weighted by atomic mass is 16.5. The Hall–Kier alpha value is -0.160. The maximum absolute atomic E-state index is 5.99. The van der Waals surface area contributed by atoms with Crippen LogP contribution in [0.5, 0.6) is 0 Å². The lowest BCUT2D eigenvalue weighted by atomic mass is 10.2. The molecule has 1 N–H and O–H groups in total. The van der Waals surface area contributed by atoms with Gasteiger partial charge in [0.15, 0.2) is 0 Å². The molecular weight excluding hydrogens is 226 g/mol. The first-order valence-electron chi connectivity index (χ1n) is 7.64. The molecule has 0 aliphatic carbocycles. The Bertz CT molecular complexity index is 268. The minimum absolute atomic E-state index is 0.376. The molecule has 0 bridgehead atoms. The van der Waals surface area contributed by atoms with Crippen LogP contribution in [0.15, 0.2) is 0 Å². The molecule has 3 atom stereocenters. The van der Waals surface area contributed by atoms with Gasteiger partial charge in [-0.05, 0) is 45.8 Å². The first kappa shape index (κ1) is 12.9. The first-order valence-corrected chi connectivity index (χ1v) is 7.64. The zero-order valence-electron chi connectivity index (χ0n) is 11.6. The molecule has 0 saturated carbocycles. The lowest BCUT2D eigenvalue weighted by Gasteiger charge is -2.32. The van der Waals surface area contributed by atoms with Gasteiger partial charge in [-0.25, -0.2) is 0 Å². The third-order valence-electron chi connectivity index (χ3n) is 4.59. The number of hydrogen-bond acceptors (Lipinski definition) is 4. The second-order valence-electron chi connectivity index (χ2n) is 6.17. The van der Waals surface area contributed by atoms with Crippen LogP contribution in [0, 0.1) is 0 Å². The Morgan fingerprint density at radius 3 is 2.78 bits per heavy atom. The minimum atomic E-state index is 0.376. The number of nitrogens with zero attached hydrogens (tertiary/aromatic N) is 2. The van der Waals surface area contributed by atoms with Crippen LogP contribution in [0.25, 0.3) is 0 Å². The molecule has 4 nitrogen and oxygen atoms in total. The third kappa shape index (κ3) is 3.05. The molecule has 0 aromatic heterocycles. The van der Waals surface area contributed by atoms with Gasteiger partial charge in [0.25, 0.3) is 0 Å². The standard InChI is InChI=1S/C14H27N3O/c1-12-8-15-9-14(18-12)11-16-7-4-13(10-16)17-5-2-3-6-17/h12-15H,2-11H2,1H3/t12-,13+,14+/m1/s1. The smallest absolute Gasteiger partial charge is 0.0830 e. The molecule has 3 heterocycles. The molecule has 3 aliphatic heterocycles. The molecule has 0 amide bonds. The van der Waals surface area contributed by atoms with Crippen molar-refractivity contribution in [2.24, 2.45) is 0 Å². The zero-order chi connectivity index (χ0) is 12.4. The van der Waals surface area contributed by atoms with E-state index in [1.807, 2.05) is 0 Å². The molecule has 0 aromatic rings. The molecular formula is C14H27N3O. The van der Waals surface area contributed by atoms with Crippen LogP contribution in [0.3, 0.4) is 0 Å². The summed E-state index contributed by atoms with van der Waals surface area (Å²) in [6.45, 7) is 10.5. The lowest BCUT2D eigenvalue weighted by Crippen LogP contribution is -2.48. The monoisotopic (exact) mass is 253 g/mol. The quantitative estimate of drug-likeness (QED) is 0.794. The Balaban J connectivity index is 1.44. The summed E-state index contributed by atoms with van der Waals surface area (Å²) in [6, 6.07) is 0.821. The van der Waals surface area contributed by atoms with Gasteiger partial charge in [0, 0.05) is 32.2 Å². The Kier molecular flexibility index (Phi) is 4.19. The number of morpholine rings is 1. The summed E-state index contributed by atoms with van der Waals surface area (Å²) in [5, 5.41) is 3.46. The van der Waals surface area contributed by atoms with E-state index in [0.29, 0.717) is 12.2 Å². The highest BCUT2D eigenvalue weighted by molar-refractivity contribution is 4.87. The predicted molar refractivity (Wildman–Crippen MR) is 72.9 cm³/mol. The summed E-state index contributed by atoms with van der Waals surface area (Å²) < 4.78 is 5.99. The van der Waals surface area contributed by atoms with Gasteiger partial charge in [-0.15, -0.1) is 0 Å². The van der Waals surface area contributed by atoms with Gasteiger partial charge < -0.3 is 10.1 Å². The molecule has 0 spiro atoms. The van der Waals surface area contributed by atoms with Crippen molar-refractivity contribution < 1.29 is 4.74 Å². The Morgan fingerprint density at radius 2 is 2.00 bits per heavy atom. The zero-order valence-corrected chi connectivity index (χ0v) is 11.6. The summed E-state index contributed by atoms with van der Waals surface area (Å²) in [5.74, 6) is 0. The fourth-order valence-electron chi connectivity index (χ4n) is 3.65. The number of nitrogens with one attached hydrogen (secondary N) is 1. The van der Waals surface area contributed by atoms with Gasteiger partial charge in [0.1, 0.15) is 0 Å². The Morgan fingerprint density at radius 1 is 1.17 bits per heavy atom. The third-order valence-corrected chi connectivity index (χ3v) is 4.59. The molecule has 3 saturated heterocycles. The molecule has 4 heteroatoms. The van der Waals surface area contributed by atoms with Crippen molar-refractivity contribution in [3.8, 4) is 0 Å². The van der Waals surface area contributed by atoms with Crippen molar-refractivity contribution in [1.82, 2.24) is 15.1 Å². The van der Waals surface area contributed by atoms with Crippen molar-refractivity contribution in [3.63, 3.8) is 0 Å². The predicted octanol–water partition coefficient (Wildman–Crippen LogP) is 0.533. The largest absolute Gasteiger partial charge is 0.371 e. The van der Waals surface area contributed by atoms with Gasteiger partial charge in [0.05, 0.1) is 12.2 Å². The number of likely N-dealkylation sites (tertiary alicyclic amines) is 2. The van der Waals surface area contributed by atoms with Crippen LogP contribution in [-0.4, -0.2) is 73.9 Å². The molecule has 18 heavy (non-hydrogen) atoms. The van der Waals surface area contributed by atoms with Crippen molar-refractivity contribution in [2.75, 3.05) is 45.8 Å². The highest BCUT2D eigenvalue weighted by Gasteiger charge is 2.31. The summed E-state index contributed by atoms with van der Waals surface area (Å²) >= 11 is 0. The van der Waals surface area contributed by atoms with Gasteiger partial charge in [-0.1, -0.05) is 0 Å². The normalized spacial score (nSPS) is 39.5. The minimum Gasteiger partial charge on any atom is -0.371 e. The van der Waals surface area contributed by atoms with E-state index in [1.165, 1.54) is 45.4 Å². The fourth-order valence-corrected chi connectivity index (χ4v) is 3.65. The average Bonchev–Trinajstić information content (AvgIpc) is 2.98. The van der Waals surface area contributed by atoms with Crippen LogP contribution in [0.4, 0.5) is 0 Å². The topological polar surface area (TPSA) is 27.7 Å². The van der Waals surface area contributed by atoms with E-state index in [1.54, 1.807) is 0 Å². The van der Waals surface area contributed by atoms with Crippen molar-refractivity contribution in [2.45, 2.75) is 44.4 Å². The van der Waals surface area contributed by atoms with E-state index in [0.717, 1.165) is 25.7 Å². The van der Waals surface area contributed by atoms with Gasteiger partial charge >= 0.3 is 0 Å². The van der Waals surface area contributed by atoms with E-state index >= 15 is 0 Å². The van der Waals surface area contributed by atoms with Gasteiger partial charge in [-0.2, -0.15) is 0 Å². The molecule has 0 radical (unpaired) electrons. The fraction of sp³-hybridized carbons (Fsp3) is 1.00. The van der Waals surface area contributed by atoms with E-state index in [2.05, 4.69) is 22.0 Å².